The van der Waals surface area contributed by atoms with Crippen LogP contribution in [0, 0.1) is 11.3 Å². The number of nitriles is 1. The Bertz CT molecular complexity index is 892. The van der Waals surface area contributed by atoms with Crippen molar-refractivity contribution in [1.29, 1.82) is 5.26 Å². The molecule has 0 aliphatic carbocycles. The summed E-state index contributed by atoms with van der Waals surface area (Å²) in [6.07, 6.45) is 1.29. The summed E-state index contributed by atoms with van der Waals surface area (Å²) < 4.78 is 10.4. The van der Waals surface area contributed by atoms with Crippen molar-refractivity contribution in [2.45, 2.75) is 0 Å². The number of benzene rings is 2. The lowest BCUT2D eigenvalue weighted by molar-refractivity contribution is -0.112. The number of halogens is 2. The van der Waals surface area contributed by atoms with E-state index in [1.165, 1.54) is 19.4 Å². The van der Waals surface area contributed by atoms with Crippen LogP contribution in [0.2, 0.25) is 10.0 Å². The van der Waals surface area contributed by atoms with Crippen LogP contribution in [0.3, 0.4) is 0 Å². The standard InChI is InChI=1S/C18H15Cl2N3O3/c1-25-13-4-6-16(17(8-13)26-2)22-10-11(9-21)18(24)23-12-3-5-14(19)15(20)7-12/h3-8,10,22H,1-2H3,(H,23,24)/b11-10-. The summed E-state index contributed by atoms with van der Waals surface area (Å²) in [5, 5.41) is 15.4. The fourth-order valence-corrected chi connectivity index (χ4v) is 2.29. The number of amides is 1. The van der Waals surface area contributed by atoms with E-state index in [0.29, 0.717) is 32.9 Å². The molecular weight excluding hydrogens is 377 g/mol. The van der Waals surface area contributed by atoms with E-state index in [-0.39, 0.29) is 5.57 Å². The number of rotatable bonds is 6. The largest absolute Gasteiger partial charge is 0.497 e. The van der Waals surface area contributed by atoms with Crippen LogP contribution in [0.25, 0.3) is 0 Å². The highest BCUT2D eigenvalue weighted by Crippen LogP contribution is 2.29. The summed E-state index contributed by atoms with van der Waals surface area (Å²) in [7, 11) is 3.05. The molecule has 0 unspecified atom stereocenters. The molecule has 0 bridgehead atoms. The molecule has 0 saturated heterocycles. The number of anilines is 2. The number of carbonyl (C=O) groups excluding carboxylic acids is 1. The van der Waals surface area contributed by atoms with Crippen LogP contribution in [0.15, 0.2) is 48.2 Å². The van der Waals surface area contributed by atoms with E-state index in [1.807, 2.05) is 6.07 Å². The summed E-state index contributed by atoms with van der Waals surface area (Å²) in [6, 6.07) is 11.6. The molecule has 1 amide bonds. The molecule has 2 rings (SSSR count). The highest BCUT2D eigenvalue weighted by molar-refractivity contribution is 6.42. The molecule has 0 aliphatic rings. The van der Waals surface area contributed by atoms with Crippen molar-refractivity contribution in [2.75, 3.05) is 24.9 Å². The minimum absolute atomic E-state index is 0.131. The Hall–Kier alpha value is -2.88. The monoisotopic (exact) mass is 391 g/mol. The Labute approximate surface area is 160 Å². The molecule has 0 aliphatic heterocycles. The number of ether oxygens (including phenoxy) is 2. The smallest absolute Gasteiger partial charge is 0.267 e. The van der Waals surface area contributed by atoms with Gasteiger partial charge in [0.05, 0.1) is 30.0 Å². The quantitative estimate of drug-likeness (QED) is 0.560. The second-order valence-corrected chi connectivity index (χ2v) is 5.78. The molecule has 134 valence electrons. The molecule has 0 atom stereocenters. The van der Waals surface area contributed by atoms with Gasteiger partial charge in [-0.15, -0.1) is 0 Å². The zero-order valence-electron chi connectivity index (χ0n) is 14.0. The van der Waals surface area contributed by atoms with E-state index >= 15 is 0 Å². The lowest BCUT2D eigenvalue weighted by atomic mass is 10.2. The summed E-state index contributed by atoms with van der Waals surface area (Å²) in [4.78, 5) is 12.2. The van der Waals surface area contributed by atoms with Crippen molar-refractivity contribution < 1.29 is 14.3 Å². The highest BCUT2D eigenvalue weighted by atomic mass is 35.5. The minimum atomic E-state index is -0.592. The number of nitrogens with zero attached hydrogens (tertiary/aromatic N) is 1. The van der Waals surface area contributed by atoms with Crippen molar-refractivity contribution in [2.24, 2.45) is 0 Å². The van der Waals surface area contributed by atoms with Crippen LogP contribution < -0.4 is 20.1 Å². The number of carbonyl (C=O) groups is 1. The third kappa shape index (κ3) is 4.82. The van der Waals surface area contributed by atoms with E-state index < -0.39 is 5.91 Å². The topological polar surface area (TPSA) is 83.4 Å². The van der Waals surface area contributed by atoms with Gasteiger partial charge in [-0.1, -0.05) is 23.2 Å². The van der Waals surface area contributed by atoms with E-state index in [0.717, 1.165) is 0 Å². The van der Waals surface area contributed by atoms with Gasteiger partial charge in [0.1, 0.15) is 23.1 Å². The first kappa shape index (κ1) is 19.4. The second-order valence-electron chi connectivity index (χ2n) is 4.96. The Morgan fingerprint density at radius 3 is 2.50 bits per heavy atom. The van der Waals surface area contributed by atoms with Crippen LogP contribution >= 0.6 is 23.2 Å². The van der Waals surface area contributed by atoms with E-state index in [9.17, 15) is 10.1 Å². The molecule has 0 heterocycles. The molecule has 0 radical (unpaired) electrons. The summed E-state index contributed by atoms with van der Waals surface area (Å²) in [6.45, 7) is 0. The molecular formula is C18H15Cl2N3O3. The molecule has 26 heavy (non-hydrogen) atoms. The second kappa shape index (κ2) is 8.99. The molecule has 0 spiro atoms. The zero-order valence-corrected chi connectivity index (χ0v) is 15.5. The third-order valence-corrected chi connectivity index (χ3v) is 4.06. The number of methoxy groups -OCH3 is 2. The number of hydrogen-bond donors (Lipinski definition) is 2. The van der Waals surface area contributed by atoms with Gasteiger partial charge >= 0.3 is 0 Å². The first-order valence-corrected chi connectivity index (χ1v) is 8.09. The predicted octanol–water partition coefficient (Wildman–Crippen LogP) is 4.47. The lowest BCUT2D eigenvalue weighted by Gasteiger charge is -2.10. The van der Waals surface area contributed by atoms with Crippen molar-refractivity contribution >= 4 is 40.5 Å². The van der Waals surface area contributed by atoms with Crippen LogP contribution in [-0.2, 0) is 4.79 Å². The molecule has 2 aromatic carbocycles. The summed E-state index contributed by atoms with van der Waals surface area (Å²) in [5.41, 5.74) is 0.866. The number of nitrogens with one attached hydrogen (secondary N) is 2. The van der Waals surface area contributed by atoms with Gasteiger partial charge in [0, 0.05) is 18.0 Å². The molecule has 0 fully saturated rings. The molecule has 2 N–H and O–H groups in total. The maximum atomic E-state index is 12.2. The maximum absolute atomic E-state index is 12.2. The van der Waals surface area contributed by atoms with E-state index in [4.69, 9.17) is 32.7 Å². The normalized spacial score (nSPS) is 10.7. The van der Waals surface area contributed by atoms with Crippen molar-refractivity contribution in [3.05, 3.63) is 58.2 Å². The molecule has 0 aromatic heterocycles. The predicted molar refractivity (Wildman–Crippen MR) is 102 cm³/mol. The Morgan fingerprint density at radius 1 is 1.12 bits per heavy atom. The van der Waals surface area contributed by atoms with Crippen LogP contribution in [0.5, 0.6) is 11.5 Å². The summed E-state index contributed by atoms with van der Waals surface area (Å²) in [5.74, 6) is 0.530. The zero-order chi connectivity index (χ0) is 19.1. The molecule has 2 aromatic rings. The minimum Gasteiger partial charge on any atom is -0.497 e. The third-order valence-electron chi connectivity index (χ3n) is 3.32. The molecule has 0 saturated carbocycles. The average Bonchev–Trinajstić information content (AvgIpc) is 2.65. The van der Waals surface area contributed by atoms with Gasteiger partial charge in [0.15, 0.2) is 0 Å². The van der Waals surface area contributed by atoms with Gasteiger partial charge in [-0.2, -0.15) is 5.26 Å². The molecule has 6 nitrogen and oxygen atoms in total. The Kier molecular flexibility index (Phi) is 6.73. The highest BCUT2D eigenvalue weighted by Gasteiger charge is 2.11. The fraction of sp³-hybridized carbons (Fsp3) is 0.111. The van der Waals surface area contributed by atoms with Gasteiger partial charge in [0.2, 0.25) is 0 Å². The first-order chi connectivity index (χ1) is 12.5. The fourth-order valence-electron chi connectivity index (χ4n) is 1.99. The molecule has 8 heteroatoms. The van der Waals surface area contributed by atoms with Crippen molar-refractivity contribution in [3.63, 3.8) is 0 Å². The van der Waals surface area contributed by atoms with Crippen LogP contribution in [-0.4, -0.2) is 20.1 Å². The van der Waals surface area contributed by atoms with E-state index in [1.54, 1.807) is 37.4 Å². The first-order valence-electron chi connectivity index (χ1n) is 7.33. The maximum Gasteiger partial charge on any atom is 0.267 e. The summed E-state index contributed by atoms with van der Waals surface area (Å²) >= 11 is 11.7. The van der Waals surface area contributed by atoms with Gasteiger partial charge in [0.25, 0.3) is 5.91 Å². The van der Waals surface area contributed by atoms with Crippen molar-refractivity contribution in [3.8, 4) is 17.6 Å². The lowest BCUT2D eigenvalue weighted by Crippen LogP contribution is -2.14. The SMILES string of the molecule is COc1ccc(N/C=C(/C#N)C(=O)Nc2ccc(Cl)c(Cl)c2)c(OC)c1. The van der Waals surface area contributed by atoms with Gasteiger partial charge in [-0.3, -0.25) is 4.79 Å². The van der Waals surface area contributed by atoms with Gasteiger partial charge in [-0.05, 0) is 30.3 Å². The van der Waals surface area contributed by atoms with Crippen LogP contribution in [0.4, 0.5) is 11.4 Å². The van der Waals surface area contributed by atoms with Crippen molar-refractivity contribution in [1.82, 2.24) is 0 Å². The Balaban J connectivity index is 2.15. The van der Waals surface area contributed by atoms with E-state index in [2.05, 4.69) is 10.6 Å². The van der Waals surface area contributed by atoms with Gasteiger partial charge < -0.3 is 20.1 Å². The van der Waals surface area contributed by atoms with Crippen LogP contribution in [0.1, 0.15) is 0 Å². The number of hydrogen-bond acceptors (Lipinski definition) is 5. The average molecular weight is 392 g/mol. The Morgan fingerprint density at radius 2 is 1.88 bits per heavy atom. The van der Waals surface area contributed by atoms with Gasteiger partial charge in [-0.25, -0.2) is 0 Å².